The van der Waals surface area contributed by atoms with Gasteiger partial charge in [0.1, 0.15) is 11.5 Å². The number of aliphatic hydroxyl groups excluding tert-OH is 2. The minimum Gasteiger partial charge on any atom is -0.508 e. The summed E-state index contributed by atoms with van der Waals surface area (Å²) in [6.07, 6.45) is -0.209. The summed E-state index contributed by atoms with van der Waals surface area (Å²) in [5.41, 5.74) is -1.11. The molecule has 3 rings (SSSR count). The van der Waals surface area contributed by atoms with E-state index in [9.17, 15) is 30.0 Å². The van der Waals surface area contributed by atoms with Crippen molar-refractivity contribution in [1.82, 2.24) is 0 Å². The summed E-state index contributed by atoms with van der Waals surface area (Å²) in [6.45, 7) is -0.434. The Labute approximate surface area is 159 Å². The van der Waals surface area contributed by atoms with Gasteiger partial charge >= 0.3 is 11.9 Å². The minimum absolute atomic E-state index is 0.0381. The van der Waals surface area contributed by atoms with Gasteiger partial charge in [-0.3, -0.25) is 0 Å². The van der Waals surface area contributed by atoms with Crippen molar-refractivity contribution in [2.24, 2.45) is 0 Å². The van der Waals surface area contributed by atoms with Crippen molar-refractivity contribution in [2.75, 3.05) is 7.11 Å². The second-order valence-corrected chi connectivity index (χ2v) is 6.28. The van der Waals surface area contributed by atoms with Crippen LogP contribution in [0.25, 0.3) is 5.57 Å². The average molecular weight is 386 g/mol. The van der Waals surface area contributed by atoms with Gasteiger partial charge in [-0.05, 0) is 35.4 Å². The van der Waals surface area contributed by atoms with Gasteiger partial charge < -0.3 is 29.9 Å². The Balaban J connectivity index is 2.16. The number of esters is 2. The van der Waals surface area contributed by atoms with E-state index in [1.165, 1.54) is 42.5 Å². The zero-order valence-corrected chi connectivity index (χ0v) is 14.9. The van der Waals surface area contributed by atoms with Crippen LogP contribution < -0.4 is 0 Å². The largest absolute Gasteiger partial charge is 0.508 e. The lowest BCUT2D eigenvalue weighted by Gasteiger charge is -2.28. The molecule has 0 aliphatic carbocycles. The molecule has 1 atom stereocenters. The summed E-state index contributed by atoms with van der Waals surface area (Å²) in [7, 11) is 1.12. The summed E-state index contributed by atoms with van der Waals surface area (Å²) < 4.78 is 10.1. The van der Waals surface area contributed by atoms with Gasteiger partial charge in [0.25, 0.3) is 0 Å². The number of rotatable bonds is 5. The zero-order chi connectivity index (χ0) is 20.5. The maximum atomic E-state index is 12.7. The molecule has 2 aromatic rings. The number of phenols is 2. The third-order valence-corrected chi connectivity index (χ3v) is 4.54. The number of aromatic hydroxyl groups is 2. The highest BCUT2D eigenvalue weighted by Gasteiger charge is 2.55. The van der Waals surface area contributed by atoms with Gasteiger partial charge in [0.15, 0.2) is 0 Å². The van der Waals surface area contributed by atoms with Crippen LogP contribution in [0.5, 0.6) is 11.5 Å². The van der Waals surface area contributed by atoms with Crippen LogP contribution in [-0.4, -0.2) is 45.1 Å². The molecular weight excluding hydrogens is 368 g/mol. The molecule has 1 heterocycles. The zero-order valence-electron chi connectivity index (χ0n) is 14.9. The van der Waals surface area contributed by atoms with E-state index in [1.54, 1.807) is 0 Å². The minimum atomic E-state index is -1.98. The number of cyclic esters (lactones) is 1. The van der Waals surface area contributed by atoms with Gasteiger partial charge in [-0.15, -0.1) is 0 Å². The lowest BCUT2D eigenvalue weighted by Crippen LogP contribution is -2.44. The number of carbonyl (C=O) groups is 2. The fraction of sp³-hybridized carbons (Fsp3) is 0.200. The summed E-state index contributed by atoms with van der Waals surface area (Å²) in [4.78, 5) is 24.9. The fourth-order valence-electron chi connectivity index (χ4n) is 3.22. The molecule has 1 aliphatic rings. The molecule has 8 nitrogen and oxygen atoms in total. The standard InChI is InChI=1S/C20H18O8/c1-27-19(26)20(9-11-2-7-15(23)13(8-11)10-21)16(17(24)18(25)28-20)12-3-5-14(22)6-4-12/h2-8,21-24H,9-10H2,1H3/t20-/m1/s1. The Kier molecular flexibility index (Phi) is 4.98. The number of hydrogen-bond acceptors (Lipinski definition) is 8. The van der Waals surface area contributed by atoms with E-state index in [0.717, 1.165) is 7.11 Å². The smallest absolute Gasteiger partial charge is 0.375 e. The van der Waals surface area contributed by atoms with E-state index in [1.807, 2.05) is 0 Å². The van der Waals surface area contributed by atoms with Crippen LogP contribution in [0.15, 0.2) is 48.2 Å². The summed E-state index contributed by atoms with van der Waals surface area (Å²) in [5, 5.41) is 38.9. The maximum Gasteiger partial charge on any atom is 0.375 e. The first-order valence-electron chi connectivity index (χ1n) is 8.29. The number of hydrogen-bond donors (Lipinski definition) is 4. The van der Waals surface area contributed by atoms with Crippen molar-refractivity contribution < 1.29 is 39.5 Å². The molecule has 0 unspecified atom stereocenters. The molecule has 0 saturated heterocycles. The van der Waals surface area contributed by atoms with Crippen molar-refractivity contribution >= 4 is 17.5 Å². The van der Waals surface area contributed by atoms with E-state index < -0.39 is 29.9 Å². The Morgan fingerprint density at radius 2 is 1.79 bits per heavy atom. The van der Waals surface area contributed by atoms with Crippen molar-refractivity contribution in [3.05, 3.63) is 64.9 Å². The molecule has 2 aromatic carbocycles. The quantitative estimate of drug-likeness (QED) is 0.569. The highest BCUT2D eigenvalue weighted by Crippen LogP contribution is 2.43. The van der Waals surface area contributed by atoms with Crippen molar-refractivity contribution in [2.45, 2.75) is 18.6 Å². The lowest BCUT2D eigenvalue weighted by molar-refractivity contribution is -0.169. The Morgan fingerprint density at radius 1 is 1.11 bits per heavy atom. The third-order valence-electron chi connectivity index (χ3n) is 4.54. The maximum absolute atomic E-state index is 12.7. The van der Waals surface area contributed by atoms with Crippen LogP contribution in [0.2, 0.25) is 0 Å². The fourth-order valence-corrected chi connectivity index (χ4v) is 3.22. The Morgan fingerprint density at radius 3 is 2.39 bits per heavy atom. The molecule has 0 amide bonds. The molecule has 146 valence electrons. The number of ether oxygens (including phenoxy) is 2. The van der Waals surface area contributed by atoms with Crippen molar-refractivity contribution in [3.8, 4) is 11.5 Å². The molecule has 0 spiro atoms. The molecule has 28 heavy (non-hydrogen) atoms. The first-order chi connectivity index (χ1) is 13.3. The monoisotopic (exact) mass is 386 g/mol. The van der Waals surface area contributed by atoms with Gasteiger partial charge in [-0.2, -0.15) is 0 Å². The first-order valence-corrected chi connectivity index (χ1v) is 8.29. The molecular formula is C20H18O8. The van der Waals surface area contributed by atoms with Gasteiger partial charge in [0, 0.05) is 12.0 Å². The number of carbonyl (C=O) groups excluding carboxylic acids is 2. The van der Waals surface area contributed by atoms with Crippen LogP contribution in [0.3, 0.4) is 0 Å². The van der Waals surface area contributed by atoms with Gasteiger partial charge in [-0.25, -0.2) is 9.59 Å². The van der Waals surface area contributed by atoms with Crippen LogP contribution >= 0.6 is 0 Å². The highest BCUT2D eigenvalue weighted by molar-refractivity contribution is 6.11. The molecule has 1 aliphatic heterocycles. The van der Waals surface area contributed by atoms with Crippen LogP contribution in [-0.2, 0) is 32.1 Å². The van der Waals surface area contributed by atoms with Crippen LogP contribution in [0.1, 0.15) is 16.7 Å². The SMILES string of the molecule is COC(=O)[C@]1(Cc2ccc(O)c(CO)c2)OC(=O)C(O)=C1c1ccc(O)cc1. The average Bonchev–Trinajstić information content (AvgIpc) is 2.94. The summed E-state index contributed by atoms with van der Waals surface area (Å²) in [6, 6.07) is 9.82. The Hall–Kier alpha value is -3.52. The van der Waals surface area contributed by atoms with Crippen molar-refractivity contribution in [3.63, 3.8) is 0 Å². The van der Waals surface area contributed by atoms with Crippen LogP contribution in [0, 0.1) is 0 Å². The molecule has 8 heteroatoms. The number of methoxy groups -OCH3 is 1. The summed E-state index contributed by atoms with van der Waals surface area (Å²) >= 11 is 0. The Bertz CT molecular complexity index is 961. The van der Waals surface area contributed by atoms with Crippen molar-refractivity contribution in [1.29, 1.82) is 0 Å². The lowest BCUT2D eigenvalue weighted by atomic mass is 9.83. The molecule has 0 bridgehead atoms. The molecule has 0 radical (unpaired) electrons. The second kappa shape index (κ2) is 7.24. The van der Waals surface area contributed by atoms with Crippen LogP contribution in [0.4, 0.5) is 0 Å². The highest BCUT2D eigenvalue weighted by atomic mass is 16.6. The third kappa shape index (κ3) is 3.14. The summed E-state index contributed by atoms with van der Waals surface area (Å²) in [5.74, 6) is -2.90. The predicted molar refractivity (Wildman–Crippen MR) is 96.2 cm³/mol. The number of phenolic OH excluding ortho intramolecular Hbond substituents is 1. The normalized spacial score (nSPS) is 18.9. The molecule has 0 aromatic heterocycles. The second-order valence-electron chi connectivity index (χ2n) is 6.28. The van der Waals surface area contributed by atoms with E-state index in [0.29, 0.717) is 5.56 Å². The van der Waals surface area contributed by atoms with E-state index in [4.69, 9.17) is 9.47 Å². The number of benzene rings is 2. The topological polar surface area (TPSA) is 134 Å². The van der Waals surface area contributed by atoms with Gasteiger partial charge in [0.05, 0.1) is 19.3 Å². The van der Waals surface area contributed by atoms with Gasteiger partial charge in [0.2, 0.25) is 11.4 Å². The van der Waals surface area contributed by atoms with E-state index in [-0.39, 0.29) is 34.6 Å². The van der Waals surface area contributed by atoms with E-state index >= 15 is 0 Å². The van der Waals surface area contributed by atoms with E-state index in [2.05, 4.69) is 0 Å². The first kappa shape index (κ1) is 19.2. The van der Waals surface area contributed by atoms with Gasteiger partial charge in [-0.1, -0.05) is 18.2 Å². The molecule has 4 N–H and O–H groups in total. The molecule has 0 saturated carbocycles. The molecule has 0 fully saturated rings. The number of aliphatic hydroxyl groups is 2. The predicted octanol–water partition coefficient (Wildman–Crippen LogP) is 1.57.